The van der Waals surface area contributed by atoms with Crippen LogP contribution in [0.1, 0.15) is 50.4 Å². The molecule has 174 valence electrons. The third-order valence-corrected chi connectivity index (χ3v) is 6.69. The van der Waals surface area contributed by atoms with E-state index in [1.165, 1.54) is 16.9 Å². The third kappa shape index (κ3) is 5.51. The molecule has 1 aliphatic heterocycles. The molecule has 0 atom stereocenters. The van der Waals surface area contributed by atoms with Crippen molar-refractivity contribution in [3.05, 3.63) is 53.1 Å². The Hall–Kier alpha value is -2.97. The second kappa shape index (κ2) is 10.3. The minimum atomic E-state index is 0.229. The molecule has 0 unspecified atom stereocenters. The van der Waals surface area contributed by atoms with Gasteiger partial charge in [-0.2, -0.15) is 5.10 Å². The molecule has 3 aromatic rings. The summed E-state index contributed by atoms with van der Waals surface area (Å²) < 4.78 is 6.14. The van der Waals surface area contributed by atoms with Crippen molar-refractivity contribution < 1.29 is 4.74 Å². The zero-order chi connectivity index (χ0) is 23.4. The first-order valence-electron chi connectivity index (χ1n) is 11.4. The normalized spacial score (nSPS) is 14.9. The Labute approximate surface area is 199 Å². The van der Waals surface area contributed by atoms with Crippen LogP contribution >= 0.6 is 11.3 Å². The van der Waals surface area contributed by atoms with E-state index in [4.69, 9.17) is 9.73 Å². The number of anilines is 1. The maximum atomic E-state index is 6.14. The first-order valence-corrected chi connectivity index (χ1v) is 12.2. The van der Waals surface area contributed by atoms with E-state index in [-0.39, 0.29) is 6.10 Å². The smallest absolute Gasteiger partial charge is 0.275 e. The Kier molecular flexibility index (Phi) is 7.25. The van der Waals surface area contributed by atoms with Crippen LogP contribution in [0.25, 0.3) is 11.1 Å². The fourth-order valence-corrected chi connectivity index (χ4v) is 4.82. The molecule has 3 N–H and O–H groups in total. The van der Waals surface area contributed by atoms with Crippen LogP contribution in [0.4, 0.5) is 10.7 Å². The van der Waals surface area contributed by atoms with Crippen molar-refractivity contribution in [2.24, 2.45) is 4.99 Å². The standard InChI is InChI=1S/C25H32N6OS/c1-15(2)12-27-23-16(3)21(19-13-28-29-14-19)6-7-22(23)17(4)30-24-18(5)31-25(33-24)32-20-8-10-26-11-9-20/h6-7,12-14,20,26-27H,8-11H2,1-5H3,(H,28,29)/b30-17+. The molecular weight excluding hydrogens is 432 g/mol. The van der Waals surface area contributed by atoms with Crippen molar-refractivity contribution in [1.82, 2.24) is 20.5 Å². The molecule has 0 spiro atoms. The van der Waals surface area contributed by atoms with E-state index in [1.54, 1.807) is 0 Å². The van der Waals surface area contributed by atoms with E-state index >= 15 is 0 Å². The zero-order valence-electron chi connectivity index (χ0n) is 20.0. The number of hydrogen-bond acceptors (Lipinski definition) is 7. The van der Waals surface area contributed by atoms with Crippen LogP contribution in [0, 0.1) is 13.8 Å². The summed E-state index contributed by atoms with van der Waals surface area (Å²) in [4.78, 5) is 9.60. The van der Waals surface area contributed by atoms with Gasteiger partial charge in [-0.3, -0.25) is 5.10 Å². The monoisotopic (exact) mass is 464 g/mol. The van der Waals surface area contributed by atoms with Gasteiger partial charge < -0.3 is 15.4 Å². The molecule has 1 saturated heterocycles. The Bertz CT molecular complexity index is 1150. The zero-order valence-corrected chi connectivity index (χ0v) is 20.8. The van der Waals surface area contributed by atoms with Crippen molar-refractivity contribution in [1.29, 1.82) is 0 Å². The summed E-state index contributed by atoms with van der Waals surface area (Å²) in [6.45, 7) is 12.3. The summed E-state index contributed by atoms with van der Waals surface area (Å²) in [5.74, 6) is 0. The number of thiazole rings is 1. The van der Waals surface area contributed by atoms with Crippen molar-refractivity contribution in [3.8, 4) is 16.3 Å². The van der Waals surface area contributed by atoms with Gasteiger partial charge >= 0.3 is 0 Å². The molecule has 7 nitrogen and oxygen atoms in total. The first-order chi connectivity index (χ1) is 15.9. The van der Waals surface area contributed by atoms with E-state index in [0.717, 1.165) is 70.3 Å². The number of rotatable bonds is 7. The van der Waals surface area contributed by atoms with Crippen molar-refractivity contribution in [2.45, 2.75) is 53.6 Å². The number of benzene rings is 1. The van der Waals surface area contributed by atoms with Gasteiger partial charge in [0.05, 0.1) is 17.6 Å². The molecule has 1 fully saturated rings. The summed E-state index contributed by atoms with van der Waals surface area (Å²) in [5.41, 5.74) is 8.48. The van der Waals surface area contributed by atoms with Crippen LogP contribution in [0.3, 0.4) is 0 Å². The minimum absolute atomic E-state index is 0.229. The molecule has 0 saturated carbocycles. The number of nitrogens with zero attached hydrogens (tertiary/aromatic N) is 3. The maximum absolute atomic E-state index is 6.14. The number of aromatic nitrogens is 3. The summed E-state index contributed by atoms with van der Waals surface area (Å²) in [7, 11) is 0. The molecule has 0 radical (unpaired) electrons. The summed E-state index contributed by atoms with van der Waals surface area (Å²) in [6.07, 6.45) is 8.04. The van der Waals surface area contributed by atoms with Gasteiger partial charge in [-0.1, -0.05) is 29.0 Å². The fourth-order valence-electron chi connectivity index (χ4n) is 3.91. The average molecular weight is 465 g/mol. The molecule has 0 bridgehead atoms. The van der Waals surface area contributed by atoms with Crippen molar-refractivity contribution in [2.75, 3.05) is 18.4 Å². The third-order valence-electron chi connectivity index (χ3n) is 5.74. The van der Waals surface area contributed by atoms with Gasteiger partial charge in [0.25, 0.3) is 5.19 Å². The van der Waals surface area contributed by atoms with Crippen LogP contribution in [0.15, 0.2) is 41.3 Å². The number of nitrogens with one attached hydrogen (secondary N) is 3. The highest BCUT2D eigenvalue weighted by Gasteiger charge is 2.18. The van der Waals surface area contributed by atoms with Gasteiger partial charge in [-0.15, -0.1) is 0 Å². The number of aromatic amines is 1. The molecule has 0 aliphatic carbocycles. The molecule has 4 rings (SSSR count). The molecule has 3 heterocycles. The second-order valence-corrected chi connectivity index (χ2v) is 9.59. The number of ether oxygens (including phenoxy) is 1. The largest absolute Gasteiger partial charge is 0.467 e. The molecular formula is C25H32N6OS. The van der Waals surface area contributed by atoms with E-state index in [2.05, 4.69) is 58.7 Å². The Balaban J connectivity index is 1.66. The molecule has 0 amide bonds. The highest BCUT2D eigenvalue weighted by Crippen LogP contribution is 2.36. The van der Waals surface area contributed by atoms with Crippen LogP contribution < -0.4 is 15.4 Å². The van der Waals surface area contributed by atoms with Crippen LogP contribution in [0.2, 0.25) is 0 Å². The SMILES string of the molecule is CC(C)=CNc1c(/C(C)=N/c2sc(OC3CCNCC3)nc2C)ccc(-c2cn[nH]c2)c1C. The van der Waals surface area contributed by atoms with E-state index in [9.17, 15) is 0 Å². The van der Waals surface area contributed by atoms with Gasteiger partial charge in [0.15, 0.2) is 0 Å². The summed E-state index contributed by atoms with van der Waals surface area (Å²) >= 11 is 1.52. The lowest BCUT2D eigenvalue weighted by molar-refractivity contribution is 0.161. The highest BCUT2D eigenvalue weighted by atomic mass is 32.1. The molecule has 1 aromatic carbocycles. The van der Waals surface area contributed by atoms with Gasteiger partial charge in [0.2, 0.25) is 0 Å². The van der Waals surface area contributed by atoms with Crippen LogP contribution in [-0.2, 0) is 0 Å². The van der Waals surface area contributed by atoms with Crippen molar-refractivity contribution in [3.63, 3.8) is 0 Å². The number of allylic oxidation sites excluding steroid dienone is 1. The van der Waals surface area contributed by atoms with Crippen molar-refractivity contribution >= 4 is 27.7 Å². The number of aliphatic imine (C=N–C) groups is 1. The Morgan fingerprint density at radius 2 is 2.00 bits per heavy atom. The topological polar surface area (TPSA) is 87.2 Å². The van der Waals surface area contributed by atoms with E-state index < -0.39 is 0 Å². The fraction of sp³-hybridized carbons (Fsp3) is 0.400. The average Bonchev–Trinajstić information content (AvgIpc) is 3.43. The number of aryl methyl sites for hydroxylation is 1. The molecule has 33 heavy (non-hydrogen) atoms. The number of piperidine rings is 1. The lowest BCUT2D eigenvalue weighted by Gasteiger charge is -2.22. The summed E-state index contributed by atoms with van der Waals surface area (Å²) in [5, 5.41) is 15.5. The van der Waals surface area contributed by atoms with Crippen LogP contribution in [-0.4, -0.2) is 40.1 Å². The highest BCUT2D eigenvalue weighted by molar-refractivity contribution is 7.17. The van der Waals surface area contributed by atoms with Crippen LogP contribution in [0.5, 0.6) is 5.19 Å². The van der Waals surface area contributed by atoms with Gasteiger partial charge in [0.1, 0.15) is 11.1 Å². The Morgan fingerprint density at radius 1 is 1.21 bits per heavy atom. The number of hydrogen-bond donors (Lipinski definition) is 3. The quantitative estimate of drug-likeness (QED) is 0.387. The second-order valence-electron chi connectivity index (χ2n) is 8.65. The van der Waals surface area contributed by atoms with Gasteiger partial charge in [-0.05, 0) is 77.9 Å². The van der Waals surface area contributed by atoms with Gasteiger partial charge in [-0.25, -0.2) is 9.98 Å². The molecule has 2 aromatic heterocycles. The predicted octanol–water partition coefficient (Wildman–Crippen LogP) is 5.76. The lowest BCUT2D eigenvalue weighted by atomic mass is 9.96. The van der Waals surface area contributed by atoms with E-state index in [0.29, 0.717) is 5.19 Å². The first kappa shape index (κ1) is 23.2. The number of H-pyrrole nitrogens is 1. The lowest BCUT2D eigenvalue weighted by Crippen LogP contribution is -2.34. The molecule has 8 heteroatoms. The maximum Gasteiger partial charge on any atom is 0.275 e. The molecule has 1 aliphatic rings. The predicted molar refractivity (Wildman–Crippen MR) is 137 cm³/mol. The Morgan fingerprint density at radius 3 is 2.70 bits per heavy atom. The van der Waals surface area contributed by atoms with Gasteiger partial charge in [0, 0.05) is 23.0 Å². The minimum Gasteiger partial charge on any atom is -0.467 e. The van der Waals surface area contributed by atoms with E-state index in [1.807, 2.05) is 32.4 Å². The summed E-state index contributed by atoms with van der Waals surface area (Å²) in [6, 6.07) is 4.26.